The van der Waals surface area contributed by atoms with E-state index in [0.717, 1.165) is 85.8 Å². The topological polar surface area (TPSA) is 116 Å². The summed E-state index contributed by atoms with van der Waals surface area (Å²) in [7, 11) is 0. The highest BCUT2D eigenvalue weighted by Crippen LogP contribution is 2.24. The second-order valence-corrected chi connectivity index (χ2v) is 11.2. The number of hydrogen-bond acceptors (Lipinski definition) is 7. The number of guanidine groups is 1. The molecule has 222 valence electrons. The second-order valence-electron chi connectivity index (χ2n) is 11.2. The molecule has 11 heteroatoms. The molecule has 3 saturated heterocycles. The van der Waals surface area contributed by atoms with Gasteiger partial charge in [-0.15, -0.1) is 0 Å². The number of fused-ring (bicyclic) bond motifs is 1. The smallest absolute Gasteiger partial charge is 0.247 e. The number of morpholine rings is 1. The minimum absolute atomic E-state index is 0.0251. The quantitative estimate of drug-likeness (QED) is 0.338. The standard InChI is InChI=1S/C31H39N7O4/c1-22-18-23-19-24(7-9-27(23)42-22)33-31(34-25-8-10-28(32-20-25)36-14-16-41-17-15-36)35-26-6-2-3-13-38(30(26)40)21-29(39)37-11-4-5-12-37/h7-10,18-20,26H,2-6,11-17,21H2,1H3,(H2,33,34,35)/t26-/m0/s1. The van der Waals surface area contributed by atoms with Gasteiger partial charge in [0.2, 0.25) is 17.8 Å². The van der Waals surface area contributed by atoms with Crippen molar-refractivity contribution in [3.63, 3.8) is 0 Å². The molecule has 6 rings (SSSR count). The molecule has 3 fully saturated rings. The lowest BCUT2D eigenvalue weighted by Gasteiger charge is -2.27. The van der Waals surface area contributed by atoms with Crippen LogP contribution in [0.25, 0.3) is 11.0 Å². The molecule has 2 aromatic heterocycles. The first kappa shape index (κ1) is 28.0. The molecule has 0 radical (unpaired) electrons. The lowest BCUT2D eigenvalue weighted by Crippen LogP contribution is -2.45. The fourth-order valence-electron chi connectivity index (χ4n) is 5.81. The van der Waals surface area contributed by atoms with Crippen LogP contribution in [0.1, 0.15) is 37.9 Å². The van der Waals surface area contributed by atoms with Gasteiger partial charge < -0.3 is 34.5 Å². The van der Waals surface area contributed by atoms with Gasteiger partial charge in [-0.3, -0.25) is 9.59 Å². The van der Waals surface area contributed by atoms with Crippen LogP contribution < -0.4 is 15.5 Å². The predicted molar refractivity (Wildman–Crippen MR) is 163 cm³/mol. The Hall–Kier alpha value is -4.12. The number of pyridine rings is 1. The highest BCUT2D eigenvalue weighted by Gasteiger charge is 2.30. The van der Waals surface area contributed by atoms with E-state index in [4.69, 9.17) is 14.1 Å². The van der Waals surface area contributed by atoms with Gasteiger partial charge in [0.1, 0.15) is 23.2 Å². The molecule has 2 amide bonds. The number of aliphatic imine (C=N–C) groups is 1. The van der Waals surface area contributed by atoms with Crippen LogP contribution in [0, 0.1) is 6.92 Å². The first-order chi connectivity index (χ1) is 20.5. The number of aryl methyl sites for hydroxylation is 1. The molecule has 3 aliphatic heterocycles. The Morgan fingerprint density at radius 1 is 0.976 bits per heavy atom. The van der Waals surface area contributed by atoms with Crippen LogP contribution in [0.2, 0.25) is 0 Å². The van der Waals surface area contributed by atoms with Crippen LogP contribution in [0.3, 0.4) is 0 Å². The van der Waals surface area contributed by atoms with Gasteiger partial charge >= 0.3 is 0 Å². The summed E-state index contributed by atoms with van der Waals surface area (Å²) in [6.07, 6.45) is 6.16. The van der Waals surface area contributed by atoms with E-state index in [0.29, 0.717) is 32.1 Å². The maximum absolute atomic E-state index is 13.7. The Morgan fingerprint density at radius 3 is 2.52 bits per heavy atom. The number of rotatable bonds is 6. The van der Waals surface area contributed by atoms with Gasteiger partial charge in [-0.25, -0.2) is 9.98 Å². The monoisotopic (exact) mass is 573 g/mol. The zero-order valence-corrected chi connectivity index (χ0v) is 24.2. The van der Waals surface area contributed by atoms with Crippen LogP contribution in [0.15, 0.2) is 52.0 Å². The molecule has 3 aromatic rings. The molecule has 5 heterocycles. The van der Waals surface area contributed by atoms with E-state index in [9.17, 15) is 9.59 Å². The number of ether oxygens (including phenoxy) is 1. The van der Waals surface area contributed by atoms with Crippen molar-refractivity contribution in [3.05, 3.63) is 48.4 Å². The van der Waals surface area contributed by atoms with Crippen molar-refractivity contribution >= 4 is 45.9 Å². The zero-order chi connectivity index (χ0) is 28.9. The summed E-state index contributed by atoms with van der Waals surface area (Å²) < 4.78 is 11.2. The summed E-state index contributed by atoms with van der Waals surface area (Å²) in [6, 6.07) is 11.2. The first-order valence-corrected chi connectivity index (χ1v) is 15.0. The van der Waals surface area contributed by atoms with E-state index in [-0.39, 0.29) is 18.4 Å². The molecule has 11 nitrogen and oxygen atoms in total. The second kappa shape index (κ2) is 12.8. The number of amides is 2. The molecular weight excluding hydrogens is 534 g/mol. The average molecular weight is 574 g/mol. The Labute approximate surface area is 245 Å². The maximum atomic E-state index is 13.7. The number of carbonyl (C=O) groups is 2. The van der Waals surface area contributed by atoms with E-state index in [1.54, 1.807) is 11.1 Å². The fraction of sp³-hybridized carbons (Fsp3) is 0.484. The number of furan rings is 1. The summed E-state index contributed by atoms with van der Waals surface area (Å²) >= 11 is 0. The lowest BCUT2D eigenvalue weighted by molar-refractivity contribution is -0.140. The third-order valence-corrected chi connectivity index (χ3v) is 8.07. The molecule has 0 saturated carbocycles. The van der Waals surface area contributed by atoms with Crippen molar-refractivity contribution in [1.29, 1.82) is 0 Å². The number of nitrogens with zero attached hydrogens (tertiary/aromatic N) is 5. The van der Waals surface area contributed by atoms with Crippen molar-refractivity contribution in [2.45, 2.75) is 45.1 Å². The zero-order valence-electron chi connectivity index (χ0n) is 24.2. The average Bonchev–Trinajstić information content (AvgIpc) is 3.64. The summed E-state index contributed by atoms with van der Waals surface area (Å²) in [5, 5.41) is 7.73. The van der Waals surface area contributed by atoms with E-state index in [2.05, 4.69) is 20.5 Å². The highest BCUT2D eigenvalue weighted by atomic mass is 16.5. The highest BCUT2D eigenvalue weighted by molar-refractivity contribution is 6.05. The van der Waals surface area contributed by atoms with Crippen molar-refractivity contribution in [2.24, 2.45) is 4.99 Å². The number of anilines is 3. The molecule has 0 bridgehead atoms. The predicted octanol–water partition coefficient (Wildman–Crippen LogP) is 3.86. The fourth-order valence-corrected chi connectivity index (χ4v) is 5.81. The van der Waals surface area contributed by atoms with Crippen molar-refractivity contribution in [3.8, 4) is 0 Å². The number of aromatic nitrogens is 1. The van der Waals surface area contributed by atoms with Crippen molar-refractivity contribution in [1.82, 2.24) is 14.8 Å². The molecule has 0 unspecified atom stereocenters. The van der Waals surface area contributed by atoms with Gasteiger partial charge in [0, 0.05) is 43.8 Å². The van der Waals surface area contributed by atoms with Crippen LogP contribution >= 0.6 is 0 Å². The summed E-state index contributed by atoms with van der Waals surface area (Å²) in [5.41, 5.74) is 2.37. The molecule has 0 aliphatic carbocycles. The minimum Gasteiger partial charge on any atom is -0.461 e. The van der Waals surface area contributed by atoms with Gasteiger partial charge in [0.15, 0.2) is 0 Å². The molecule has 1 aromatic carbocycles. The van der Waals surface area contributed by atoms with Gasteiger partial charge in [-0.2, -0.15) is 0 Å². The third-order valence-electron chi connectivity index (χ3n) is 8.07. The SMILES string of the molecule is Cc1cc2cc(NC(=N[C@H]3CCCCN(CC(=O)N4CCCC4)C3=O)Nc3ccc(N4CCOCC4)nc3)ccc2o1. The third kappa shape index (κ3) is 6.67. The maximum Gasteiger partial charge on any atom is 0.247 e. The van der Waals surface area contributed by atoms with Gasteiger partial charge in [-0.05, 0) is 75.4 Å². The van der Waals surface area contributed by atoms with Gasteiger partial charge in [-0.1, -0.05) is 0 Å². The number of likely N-dealkylation sites (tertiary alicyclic amines) is 2. The van der Waals surface area contributed by atoms with Crippen LogP contribution in [-0.2, 0) is 14.3 Å². The van der Waals surface area contributed by atoms with Crippen LogP contribution in [-0.4, -0.2) is 91.1 Å². The molecule has 1 atom stereocenters. The molecular formula is C31H39N7O4. The van der Waals surface area contributed by atoms with E-state index >= 15 is 0 Å². The number of carbonyl (C=O) groups excluding carboxylic acids is 2. The Kier molecular flexibility index (Phi) is 8.55. The number of nitrogens with one attached hydrogen (secondary N) is 2. The van der Waals surface area contributed by atoms with Crippen molar-refractivity contribution in [2.75, 3.05) is 68.0 Å². The molecule has 42 heavy (non-hydrogen) atoms. The normalized spacial score (nSPS) is 20.2. The first-order valence-electron chi connectivity index (χ1n) is 15.0. The Morgan fingerprint density at radius 2 is 1.74 bits per heavy atom. The minimum atomic E-state index is -0.602. The largest absolute Gasteiger partial charge is 0.461 e. The summed E-state index contributed by atoms with van der Waals surface area (Å²) in [4.78, 5) is 41.9. The molecule has 2 N–H and O–H groups in total. The lowest BCUT2D eigenvalue weighted by atomic mass is 10.1. The van der Waals surface area contributed by atoms with Crippen LogP contribution in [0.5, 0.6) is 0 Å². The molecule has 0 spiro atoms. The van der Waals surface area contributed by atoms with Gasteiger partial charge in [0.25, 0.3) is 0 Å². The summed E-state index contributed by atoms with van der Waals surface area (Å²) in [6.45, 7) is 7.17. The van der Waals surface area contributed by atoms with E-state index in [1.807, 2.05) is 48.2 Å². The Balaban J connectivity index is 1.23. The van der Waals surface area contributed by atoms with Crippen LogP contribution in [0.4, 0.5) is 17.2 Å². The van der Waals surface area contributed by atoms with Gasteiger partial charge in [0.05, 0.1) is 31.6 Å². The number of benzene rings is 1. The Bertz CT molecular complexity index is 1420. The number of hydrogen-bond donors (Lipinski definition) is 2. The molecule has 3 aliphatic rings. The van der Waals surface area contributed by atoms with Crippen molar-refractivity contribution < 1.29 is 18.7 Å². The van der Waals surface area contributed by atoms with E-state index < -0.39 is 6.04 Å². The van der Waals surface area contributed by atoms with E-state index in [1.165, 1.54) is 0 Å². The summed E-state index contributed by atoms with van der Waals surface area (Å²) in [5.74, 6) is 2.10.